The number of H-pyrrole nitrogens is 1. The first-order chi connectivity index (χ1) is 30.9. The molecule has 1 unspecified atom stereocenters. The van der Waals surface area contributed by atoms with Crippen LogP contribution in [0, 0.1) is 12.8 Å². The van der Waals surface area contributed by atoms with Crippen molar-refractivity contribution < 1.29 is 28.8 Å². The molecule has 0 aliphatic carbocycles. The number of fused-ring (bicyclic) bond motifs is 2. The summed E-state index contributed by atoms with van der Waals surface area (Å²) in [6.45, 7) is 6.80. The van der Waals surface area contributed by atoms with Crippen molar-refractivity contribution in [3.05, 3.63) is 101 Å². The van der Waals surface area contributed by atoms with Crippen LogP contribution in [-0.4, -0.2) is 135 Å². The Morgan fingerprint density at radius 2 is 1.50 bits per heavy atom. The number of hydrogen-bond acceptors (Lipinski definition) is 10. The van der Waals surface area contributed by atoms with E-state index in [2.05, 4.69) is 49.4 Å². The minimum absolute atomic E-state index is 0.0219. The van der Waals surface area contributed by atoms with E-state index in [0.717, 1.165) is 83.1 Å². The highest BCUT2D eigenvalue weighted by molar-refractivity contribution is 6.23. The van der Waals surface area contributed by atoms with E-state index in [1.165, 1.54) is 5.56 Å². The largest absolute Gasteiger partial charge is 0.371 e. The minimum Gasteiger partial charge on any atom is -0.371 e. The highest BCUT2D eigenvalue weighted by Crippen LogP contribution is 2.36. The second-order valence-corrected chi connectivity index (χ2v) is 18.2. The van der Waals surface area contributed by atoms with Crippen LogP contribution in [-0.2, 0) is 14.4 Å². The van der Waals surface area contributed by atoms with E-state index in [-0.39, 0.29) is 41.7 Å². The summed E-state index contributed by atoms with van der Waals surface area (Å²) in [5, 5.41) is 2.24. The van der Waals surface area contributed by atoms with Crippen molar-refractivity contribution in [1.82, 2.24) is 39.9 Å². The fourth-order valence-electron chi connectivity index (χ4n) is 10.3. The van der Waals surface area contributed by atoms with Gasteiger partial charge in [-0.05, 0) is 99.0 Å². The monoisotopic (exact) mass is 861 g/mol. The Balaban J connectivity index is 0.695. The van der Waals surface area contributed by atoms with Gasteiger partial charge in [0.15, 0.2) is 5.65 Å². The zero-order valence-corrected chi connectivity index (χ0v) is 36.3. The van der Waals surface area contributed by atoms with Crippen LogP contribution < -0.4 is 10.2 Å². The molecule has 4 saturated heterocycles. The molecule has 0 spiro atoms. The van der Waals surface area contributed by atoms with Crippen LogP contribution in [0.15, 0.2) is 73.1 Å². The van der Waals surface area contributed by atoms with Crippen molar-refractivity contribution in [3.63, 3.8) is 0 Å². The van der Waals surface area contributed by atoms with Crippen molar-refractivity contribution in [1.29, 1.82) is 0 Å². The molecule has 0 bridgehead atoms. The average Bonchev–Trinajstić information content (AvgIpc) is 3.82. The second kappa shape index (κ2) is 16.4. The third-order valence-corrected chi connectivity index (χ3v) is 14.1. The highest BCUT2D eigenvalue weighted by Gasteiger charge is 2.45. The summed E-state index contributed by atoms with van der Waals surface area (Å²) in [5.41, 5.74) is 9.49. The molecule has 5 aliphatic rings. The first kappa shape index (κ1) is 41.3. The number of aromatic nitrogens is 3. The third kappa shape index (κ3) is 7.40. The van der Waals surface area contributed by atoms with Gasteiger partial charge in [-0.2, -0.15) is 0 Å². The number of nitrogens with zero attached hydrogens (tertiary/aromatic N) is 7. The summed E-state index contributed by atoms with van der Waals surface area (Å²) in [7, 11) is 3.51. The Morgan fingerprint density at radius 3 is 2.20 bits per heavy atom. The predicted octanol–water partition coefficient (Wildman–Crippen LogP) is 5.01. The lowest BCUT2D eigenvalue weighted by molar-refractivity contribution is -0.144. The molecule has 2 N–H and O–H groups in total. The molecular formula is C49H51N9O6. The normalized spacial score (nSPS) is 20.2. The van der Waals surface area contributed by atoms with Gasteiger partial charge in [-0.15, -0.1) is 0 Å². The Kier molecular flexibility index (Phi) is 10.6. The fraction of sp³-hybridized carbons (Fsp3) is 0.388. The second-order valence-electron chi connectivity index (χ2n) is 18.2. The van der Waals surface area contributed by atoms with Gasteiger partial charge < -0.3 is 19.7 Å². The van der Waals surface area contributed by atoms with E-state index >= 15 is 0 Å². The van der Waals surface area contributed by atoms with Crippen molar-refractivity contribution >= 4 is 52.3 Å². The molecule has 6 amide bonds. The molecule has 7 heterocycles. The molecule has 3 aromatic carbocycles. The minimum atomic E-state index is -0.997. The van der Waals surface area contributed by atoms with Gasteiger partial charge in [0.1, 0.15) is 11.6 Å². The molecule has 4 fully saturated rings. The summed E-state index contributed by atoms with van der Waals surface area (Å²) in [4.78, 5) is 99.1. The van der Waals surface area contributed by atoms with Crippen LogP contribution in [0.5, 0.6) is 0 Å². The Hall–Kier alpha value is -6.74. The number of anilines is 1. The third-order valence-electron chi connectivity index (χ3n) is 14.1. The maximum absolute atomic E-state index is 13.6. The number of piperidine rings is 3. The summed E-state index contributed by atoms with van der Waals surface area (Å²) in [6.07, 6.45) is 7.47. The standard InChI is InChI=1S/C49H51N9O6/c1-28-22-33(8-10-36(28)47(62)54(2)3)39-24-50-44-43(39)52-40(25-51-44)31-6-4-29(5-7-31)30-14-18-56(19-15-30)35-26-57(27-35)46(61)32-16-20-55(21-17-32)34-9-11-37-38(23-34)49(64)58(48(37)63)41-12-13-42(59)53-45(41)60/h4-11,22-25,30,32,35,41H,12-21,26-27H2,1-3H3,(H,50,51)(H,53,59,60). The van der Waals surface area contributed by atoms with Crippen LogP contribution in [0.2, 0.25) is 0 Å². The molecular weight excluding hydrogens is 811 g/mol. The lowest BCUT2D eigenvalue weighted by Gasteiger charge is -2.49. The zero-order chi connectivity index (χ0) is 44.4. The molecule has 0 saturated carbocycles. The van der Waals surface area contributed by atoms with Gasteiger partial charge in [0.25, 0.3) is 17.7 Å². The van der Waals surface area contributed by atoms with E-state index in [4.69, 9.17) is 4.98 Å². The smallest absolute Gasteiger partial charge is 0.262 e. The topological polar surface area (TPSA) is 172 Å². The summed E-state index contributed by atoms with van der Waals surface area (Å²) >= 11 is 0. The number of carbonyl (C=O) groups is 6. The Labute approximate surface area is 370 Å². The molecule has 5 aliphatic heterocycles. The maximum atomic E-state index is 13.6. The number of carbonyl (C=O) groups excluding carboxylic acids is 6. The number of nitrogens with one attached hydrogen (secondary N) is 2. The molecule has 64 heavy (non-hydrogen) atoms. The van der Waals surface area contributed by atoms with Gasteiger partial charge in [-0.1, -0.05) is 36.4 Å². The van der Waals surface area contributed by atoms with Crippen molar-refractivity contribution in [2.24, 2.45) is 5.92 Å². The first-order valence-electron chi connectivity index (χ1n) is 22.3. The van der Waals surface area contributed by atoms with Crippen LogP contribution in [0.1, 0.15) is 86.6 Å². The van der Waals surface area contributed by atoms with Crippen LogP contribution in [0.3, 0.4) is 0 Å². The molecule has 15 heteroatoms. The molecule has 5 aromatic rings. The van der Waals surface area contributed by atoms with Crippen LogP contribution >= 0.6 is 0 Å². The maximum Gasteiger partial charge on any atom is 0.262 e. The van der Waals surface area contributed by atoms with Crippen molar-refractivity contribution in [3.8, 4) is 22.4 Å². The van der Waals surface area contributed by atoms with Crippen molar-refractivity contribution in [2.75, 3.05) is 58.3 Å². The Morgan fingerprint density at radius 1 is 0.781 bits per heavy atom. The number of rotatable bonds is 8. The quantitative estimate of drug-likeness (QED) is 0.202. The van der Waals surface area contributed by atoms with Gasteiger partial charge in [-0.25, -0.2) is 9.97 Å². The first-order valence-corrected chi connectivity index (χ1v) is 22.3. The van der Waals surface area contributed by atoms with E-state index in [9.17, 15) is 28.8 Å². The number of amides is 6. The molecule has 1 atom stereocenters. The van der Waals surface area contributed by atoms with E-state index < -0.39 is 29.7 Å². The summed E-state index contributed by atoms with van der Waals surface area (Å²) in [6, 6.07) is 19.2. The highest BCUT2D eigenvalue weighted by atomic mass is 16.2. The van der Waals surface area contributed by atoms with E-state index in [1.54, 1.807) is 31.1 Å². The van der Waals surface area contributed by atoms with E-state index in [1.807, 2.05) is 48.5 Å². The Bertz CT molecular complexity index is 2720. The van der Waals surface area contributed by atoms with Gasteiger partial charge in [0.2, 0.25) is 17.7 Å². The molecule has 0 radical (unpaired) electrons. The predicted molar refractivity (Wildman–Crippen MR) is 239 cm³/mol. The van der Waals surface area contributed by atoms with Crippen LogP contribution in [0.25, 0.3) is 33.5 Å². The zero-order valence-electron chi connectivity index (χ0n) is 36.3. The summed E-state index contributed by atoms with van der Waals surface area (Å²) < 4.78 is 0. The fourth-order valence-corrected chi connectivity index (χ4v) is 10.3. The van der Waals surface area contributed by atoms with Gasteiger partial charge in [-0.3, -0.25) is 43.9 Å². The lowest BCUT2D eigenvalue weighted by atomic mass is 9.87. The summed E-state index contributed by atoms with van der Waals surface area (Å²) in [5.74, 6) is -1.44. The number of hydrogen-bond donors (Lipinski definition) is 2. The number of imide groups is 2. The molecule has 2 aromatic heterocycles. The molecule has 10 rings (SSSR count). The van der Waals surface area contributed by atoms with Gasteiger partial charge >= 0.3 is 0 Å². The van der Waals surface area contributed by atoms with Crippen molar-refractivity contribution in [2.45, 2.75) is 63.5 Å². The number of likely N-dealkylation sites (tertiary alicyclic amines) is 2. The SMILES string of the molecule is Cc1cc(-c2c[nH]c3ncc(-c4ccc(C5CCN(C6CN(C(=O)C7CCN(c8ccc9c(c8)C(=O)N(C8CCC(=O)NC8=O)C9=O)CC7)C6)CC5)cc4)nc23)ccc1C(=O)N(C)C. The number of aryl methyl sites for hydroxylation is 1. The van der Waals surface area contributed by atoms with Gasteiger partial charge in [0, 0.05) is 87.2 Å². The van der Waals surface area contributed by atoms with Crippen LogP contribution in [0.4, 0.5) is 5.69 Å². The molecule has 328 valence electrons. The molecule has 15 nitrogen and oxygen atoms in total. The lowest BCUT2D eigenvalue weighted by Crippen LogP contribution is -2.63. The van der Waals surface area contributed by atoms with E-state index in [0.29, 0.717) is 49.1 Å². The van der Waals surface area contributed by atoms with Gasteiger partial charge in [0.05, 0.1) is 23.0 Å². The number of benzene rings is 3. The number of aromatic amines is 1. The average molecular weight is 862 g/mol.